The monoisotopic (exact) mass is 438 g/mol. The molecular formula is C25H30N2O5. The summed E-state index contributed by atoms with van der Waals surface area (Å²) in [5.74, 6) is -1.28. The zero-order valence-electron chi connectivity index (χ0n) is 18.8. The fraction of sp³-hybridized carbons (Fsp3) is 0.400. The number of aliphatic carboxylic acids is 1. The minimum Gasteiger partial charge on any atom is -0.480 e. The first-order valence-electron chi connectivity index (χ1n) is 10.8. The number of rotatable bonds is 9. The van der Waals surface area contributed by atoms with Gasteiger partial charge in [-0.15, -0.1) is 0 Å². The molecule has 2 amide bonds. The molecule has 7 heteroatoms. The molecule has 2 N–H and O–H groups in total. The SMILES string of the molecule is CN(C(=O)CCCCNC(=O)OCC1c2ccccc2-c2ccccc21)C(C)(C)C(=O)O. The van der Waals surface area contributed by atoms with Crippen molar-refractivity contribution in [3.8, 4) is 11.1 Å². The third-order valence-corrected chi connectivity index (χ3v) is 6.17. The van der Waals surface area contributed by atoms with Gasteiger partial charge in [-0.3, -0.25) is 4.79 Å². The number of carboxylic acids is 1. The molecule has 0 aromatic heterocycles. The second-order valence-electron chi connectivity index (χ2n) is 8.53. The molecule has 0 radical (unpaired) electrons. The van der Waals surface area contributed by atoms with Gasteiger partial charge in [0.2, 0.25) is 5.91 Å². The number of carbonyl (C=O) groups excluding carboxylic acids is 2. The van der Waals surface area contributed by atoms with Crippen molar-refractivity contribution in [2.75, 3.05) is 20.2 Å². The Balaban J connectivity index is 1.41. The van der Waals surface area contributed by atoms with Crippen LogP contribution in [0.1, 0.15) is 50.2 Å². The van der Waals surface area contributed by atoms with Crippen molar-refractivity contribution >= 4 is 18.0 Å². The van der Waals surface area contributed by atoms with Gasteiger partial charge in [0, 0.05) is 25.9 Å². The molecule has 1 aliphatic rings. The van der Waals surface area contributed by atoms with Gasteiger partial charge in [-0.25, -0.2) is 9.59 Å². The van der Waals surface area contributed by atoms with E-state index in [1.165, 1.54) is 36.9 Å². The third kappa shape index (κ3) is 4.93. The first-order chi connectivity index (χ1) is 15.2. The summed E-state index contributed by atoms with van der Waals surface area (Å²) in [4.78, 5) is 36.9. The van der Waals surface area contributed by atoms with Crippen LogP contribution in [0.5, 0.6) is 0 Å². The van der Waals surface area contributed by atoms with Gasteiger partial charge in [-0.05, 0) is 48.9 Å². The van der Waals surface area contributed by atoms with Gasteiger partial charge in [0.15, 0.2) is 0 Å². The lowest BCUT2D eigenvalue weighted by molar-refractivity contribution is -0.155. The lowest BCUT2D eigenvalue weighted by Gasteiger charge is -2.31. The number of amides is 2. The van der Waals surface area contributed by atoms with Crippen molar-refractivity contribution in [1.82, 2.24) is 10.2 Å². The van der Waals surface area contributed by atoms with Crippen LogP contribution in [-0.2, 0) is 14.3 Å². The Bertz CT molecular complexity index is 956. The summed E-state index contributed by atoms with van der Waals surface area (Å²) < 4.78 is 5.49. The molecule has 3 rings (SSSR count). The van der Waals surface area contributed by atoms with Gasteiger partial charge in [0.05, 0.1) is 0 Å². The molecule has 1 aliphatic carbocycles. The fourth-order valence-corrected chi connectivity index (χ4v) is 3.86. The Morgan fingerprint density at radius 3 is 2.12 bits per heavy atom. The standard InChI is InChI=1S/C25H30N2O5/c1-25(2,23(29)30)27(3)22(28)14-8-9-15-26-24(31)32-16-21-19-12-6-4-10-17(19)18-11-5-7-13-20(18)21/h4-7,10-13,21H,8-9,14-16H2,1-3H3,(H,26,31)(H,29,30). The first-order valence-corrected chi connectivity index (χ1v) is 10.8. The Hall–Kier alpha value is -3.35. The number of nitrogens with zero attached hydrogens (tertiary/aromatic N) is 1. The zero-order chi connectivity index (χ0) is 23.3. The number of fused-ring (bicyclic) bond motifs is 3. The summed E-state index contributed by atoms with van der Waals surface area (Å²) in [6.45, 7) is 3.63. The summed E-state index contributed by atoms with van der Waals surface area (Å²) in [7, 11) is 1.49. The van der Waals surface area contributed by atoms with E-state index in [9.17, 15) is 19.5 Å². The molecule has 2 aromatic carbocycles. The normalized spacial score (nSPS) is 12.6. The Morgan fingerprint density at radius 1 is 1.00 bits per heavy atom. The number of alkyl carbamates (subject to hydrolysis) is 1. The molecule has 0 saturated carbocycles. The Kier molecular flexibility index (Phi) is 7.18. The number of hydrogen-bond acceptors (Lipinski definition) is 4. The van der Waals surface area contributed by atoms with E-state index in [-0.39, 0.29) is 24.9 Å². The smallest absolute Gasteiger partial charge is 0.407 e. The minimum atomic E-state index is -1.25. The van der Waals surface area contributed by atoms with Crippen LogP contribution < -0.4 is 5.32 Å². The second kappa shape index (κ2) is 9.85. The van der Waals surface area contributed by atoms with E-state index >= 15 is 0 Å². The van der Waals surface area contributed by atoms with Crippen LogP contribution in [0.15, 0.2) is 48.5 Å². The number of unbranched alkanes of at least 4 members (excludes halogenated alkanes) is 1. The van der Waals surface area contributed by atoms with E-state index in [0.29, 0.717) is 19.4 Å². The number of carbonyl (C=O) groups is 3. The topological polar surface area (TPSA) is 95.9 Å². The molecule has 0 aliphatic heterocycles. The molecule has 0 atom stereocenters. The van der Waals surface area contributed by atoms with Gasteiger partial charge in [0.1, 0.15) is 12.1 Å². The van der Waals surface area contributed by atoms with Crippen LogP contribution in [0.2, 0.25) is 0 Å². The van der Waals surface area contributed by atoms with Gasteiger partial charge >= 0.3 is 12.1 Å². The molecule has 2 aromatic rings. The number of hydrogen-bond donors (Lipinski definition) is 2. The zero-order valence-corrected chi connectivity index (χ0v) is 18.8. The lowest BCUT2D eigenvalue weighted by atomic mass is 9.98. The quantitative estimate of drug-likeness (QED) is 0.577. The molecule has 7 nitrogen and oxygen atoms in total. The molecule has 0 spiro atoms. The van der Waals surface area contributed by atoms with E-state index in [4.69, 9.17) is 4.74 Å². The number of nitrogens with one attached hydrogen (secondary N) is 1. The van der Waals surface area contributed by atoms with Crippen molar-refractivity contribution in [3.05, 3.63) is 59.7 Å². The van der Waals surface area contributed by atoms with E-state index < -0.39 is 17.6 Å². The summed E-state index contributed by atoms with van der Waals surface area (Å²) in [6, 6.07) is 16.3. The number of carboxylic acid groups (broad SMARTS) is 1. The largest absolute Gasteiger partial charge is 0.480 e. The average molecular weight is 439 g/mol. The fourth-order valence-electron chi connectivity index (χ4n) is 3.86. The van der Waals surface area contributed by atoms with Gasteiger partial charge in [-0.1, -0.05) is 48.5 Å². The minimum absolute atomic E-state index is 0.0129. The second-order valence-corrected chi connectivity index (χ2v) is 8.53. The van der Waals surface area contributed by atoms with Crippen LogP contribution in [-0.4, -0.2) is 53.7 Å². The summed E-state index contributed by atoms with van der Waals surface area (Å²) in [5.41, 5.74) is 3.42. The molecule has 0 saturated heterocycles. The van der Waals surface area contributed by atoms with Crippen LogP contribution in [0, 0.1) is 0 Å². The third-order valence-electron chi connectivity index (χ3n) is 6.17. The molecule has 0 fully saturated rings. The highest BCUT2D eigenvalue weighted by Crippen LogP contribution is 2.44. The maximum Gasteiger partial charge on any atom is 0.407 e. The maximum atomic E-state index is 12.2. The van der Waals surface area contributed by atoms with E-state index in [1.54, 1.807) is 0 Å². The molecular weight excluding hydrogens is 408 g/mol. The van der Waals surface area contributed by atoms with E-state index in [2.05, 4.69) is 29.6 Å². The van der Waals surface area contributed by atoms with Crippen LogP contribution >= 0.6 is 0 Å². The maximum absolute atomic E-state index is 12.2. The van der Waals surface area contributed by atoms with Crippen LogP contribution in [0.25, 0.3) is 11.1 Å². The van der Waals surface area contributed by atoms with Crippen molar-refractivity contribution in [2.45, 2.75) is 44.6 Å². The van der Waals surface area contributed by atoms with Crippen molar-refractivity contribution in [1.29, 1.82) is 0 Å². The average Bonchev–Trinajstić information content (AvgIpc) is 3.10. The summed E-state index contributed by atoms with van der Waals surface area (Å²) >= 11 is 0. The van der Waals surface area contributed by atoms with Crippen molar-refractivity contribution in [2.24, 2.45) is 0 Å². The number of ether oxygens (including phenoxy) is 1. The molecule has 0 heterocycles. The number of benzene rings is 2. The van der Waals surface area contributed by atoms with E-state index in [0.717, 1.165) is 11.1 Å². The number of likely N-dealkylation sites (N-methyl/N-ethyl adjacent to an activating group) is 1. The van der Waals surface area contributed by atoms with Gasteiger partial charge in [0.25, 0.3) is 0 Å². The lowest BCUT2D eigenvalue weighted by Crippen LogP contribution is -2.50. The van der Waals surface area contributed by atoms with Crippen molar-refractivity contribution in [3.63, 3.8) is 0 Å². The summed E-state index contributed by atoms with van der Waals surface area (Å²) in [6.07, 6.45) is 0.877. The van der Waals surface area contributed by atoms with Gasteiger partial charge < -0.3 is 20.1 Å². The molecule has 170 valence electrons. The van der Waals surface area contributed by atoms with Crippen LogP contribution in [0.4, 0.5) is 4.79 Å². The molecule has 32 heavy (non-hydrogen) atoms. The highest BCUT2D eigenvalue weighted by Gasteiger charge is 2.34. The van der Waals surface area contributed by atoms with Gasteiger partial charge in [-0.2, -0.15) is 0 Å². The highest BCUT2D eigenvalue weighted by molar-refractivity contribution is 5.86. The molecule has 0 bridgehead atoms. The molecule has 0 unspecified atom stereocenters. The first kappa shape index (κ1) is 23.3. The Morgan fingerprint density at radius 2 is 1.56 bits per heavy atom. The highest BCUT2D eigenvalue weighted by atomic mass is 16.5. The predicted molar refractivity (Wildman–Crippen MR) is 121 cm³/mol. The van der Waals surface area contributed by atoms with Crippen molar-refractivity contribution < 1.29 is 24.2 Å². The predicted octanol–water partition coefficient (Wildman–Crippen LogP) is 4.02. The Labute approximate surface area is 188 Å². The van der Waals surface area contributed by atoms with Crippen LogP contribution in [0.3, 0.4) is 0 Å². The summed E-state index contributed by atoms with van der Waals surface area (Å²) in [5, 5.41) is 11.9. The van der Waals surface area contributed by atoms with E-state index in [1.807, 2.05) is 24.3 Å².